The van der Waals surface area contributed by atoms with Gasteiger partial charge in [-0.3, -0.25) is 9.69 Å². The van der Waals surface area contributed by atoms with Gasteiger partial charge in [-0.25, -0.2) is 0 Å². The number of halogens is 1. The molecule has 4 heteroatoms. The van der Waals surface area contributed by atoms with Crippen molar-refractivity contribution in [2.24, 2.45) is 5.92 Å². The predicted molar refractivity (Wildman–Crippen MR) is 80.8 cm³/mol. The molecule has 2 rings (SSSR count). The second-order valence-electron chi connectivity index (χ2n) is 5.41. The predicted octanol–water partition coefficient (Wildman–Crippen LogP) is 2.75. The van der Waals surface area contributed by atoms with Crippen LogP contribution in [0.5, 0.6) is 0 Å². The normalized spacial score (nSPS) is 17.4. The Labute approximate surface area is 123 Å². The van der Waals surface area contributed by atoms with Crippen LogP contribution in [0.1, 0.15) is 18.4 Å². The molecule has 0 atom stereocenters. The highest BCUT2D eigenvalue weighted by atomic mass is 79.9. The maximum atomic E-state index is 11.9. The van der Waals surface area contributed by atoms with Crippen molar-refractivity contribution in [3.63, 3.8) is 0 Å². The van der Waals surface area contributed by atoms with E-state index in [0.717, 1.165) is 36.9 Å². The number of nitrogens with zero attached hydrogens (tertiary/aromatic N) is 2. The zero-order valence-corrected chi connectivity index (χ0v) is 13.2. The van der Waals surface area contributed by atoms with E-state index >= 15 is 0 Å². The number of hydrogen-bond acceptors (Lipinski definition) is 2. The molecule has 1 aromatic carbocycles. The minimum absolute atomic E-state index is 0.219. The zero-order valence-electron chi connectivity index (χ0n) is 11.6. The van der Waals surface area contributed by atoms with Crippen molar-refractivity contribution in [2.75, 3.05) is 27.2 Å². The van der Waals surface area contributed by atoms with Gasteiger partial charge < -0.3 is 4.90 Å². The van der Waals surface area contributed by atoms with Crippen molar-refractivity contribution in [3.05, 3.63) is 34.3 Å². The lowest BCUT2D eigenvalue weighted by molar-refractivity contribution is -0.134. The molecule has 0 unspecified atom stereocenters. The van der Waals surface area contributed by atoms with Gasteiger partial charge in [0.1, 0.15) is 0 Å². The molecular weight excluding hydrogens is 304 g/mol. The molecule has 1 saturated heterocycles. The summed E-state index contributed by atoms with van der Waals surface area (Å²) in [4.78, 5) is 16.1. The molecule has 104 valence electrons. The van der Waals surface area contributed by atoms with Gasteiger partial charge in [0.25, 0.3) is 0 Å². The molecule has 19 heavy (non-hydrogen) atoms. The first-order valence-corrected chi connectivity index (χ1v) is 7.53. The molecule has 1 aliphatic heterocycles. The summed E-state index contributed by atoms with van der Waals surface area (Å²) >= 11 is 3.45. The number of likely N-dealkylation sites (tertiary alicyclic amines) is 1. The topological polar surface area (TPSA) is 23.6 Å². The van der Waals surface area contributed by atoms with Crippen molar-refractivity contribution in [1.29, 1.82) is 0 Å². The molecule has 1 aromatic rings. The van der Waals surface area contributed by atoms with Crippen molar-refractivity contribution in [3.8, 4) is 0 Å². The third-order valence-corrected chi connectivity index (χ3v) is 4.23. The van der Waals surface area contributed by atoms with E-state index in [1.54, 1.807) is 4.90 Å². The smallest absolute Gasteiger partial charge is 0.225 e. The summed E-state index contributed by atoms with van der Waals surface area (Å²) in [6.07, 6.45) is 1.96. The SMILES string of the molecule is CN(C)C(=O)C1CCN(Cc2ccc(Br)cc2)CC1. The Morgan fingerprint density at radius 3 is 2.37 bits per heavy atom. The maximum absolute atomic E-state index is 11.9. The average molecular weight is 325 g/mol. The number of piperidine rings is 1. The van der Waals surface area contributed by atoms with Crippen LogP contribution in [0.4, 0.5) is 0 Å². The lowest BCUT2D eigenvalue weighted by atomic mass is 9.95. The number of carbonyl (C=O) groups excluding carboxylic acids is 1. The Morgan fingerprint density at radius 1 is 1.26 bits per heavy atom. The fourth-order valence-electron chi connectivity index (χ4n) is 2.55. The molecule has 1 amide bonds. The van der Waals surface area contributed by atoms with Gasteiger partial charge >= 0.3 is 0 Å². The first-order valence-electron chi connectivity index (χ1n) is 6.74. The van der Waals surface area contributed by atoms with Crippen LogP contribution < -0.4 is 0 Å². The van der Waals surface area contributed by atoms with Gasteiger partial charge in [0.15, 0.2) is 0 Å². The van der Waals surface area contributed by atoms with E-state index in [1.165, 1.54) is 5.56 Å². The van der Waals surface area contributed by atoms with Gasteiger partial charge in [0.05, 0.1) is 0 Å². The number of carbonyl (C=O) groups is 1. The van der Waals surface area contributed by atoms with E-state index in [2.05, 4.69) is 45.1 Å². The van der Waals surface area contributed by atoms with Crippen molar-refractivity contribution < 1.29 is 4.79 Å². The summed E-state index contributed by atoms with van der Waals surface area (Å²) in [5.74, 6) is 0.499. The summed E-state index contributed by atoms with van der Waals surface area (Å²) in [6.45, 7) is 3.01. The van der Waals surface area contributed by atoms with Gasteiger partial charge in [-0.1, -0.05) is 28.1 Å². The highest BCUT2D eigenvalue weighted by molar-refractivity contribution is 9.10. The lowest BCUT2D eigenvalue weighted by Gasteiger charge is -2.32. The Morgan fingerprint density at radius 2 is 1.84 bits per heavy atom. The van der Waals surface area contributed by atoms with E-state index in [9.17, 15) is 4.79 Å². The van der Waals surface area contributed by atoms with Gasteiger partial charge in [-0.15, -0.1) is 0 Å². The lowest BCUT2D eigenvalue weighted by Crippen LogP contribution is -2.39. The summed E-state index contributed by atoms with van der Waals surface area (Å²) in [7, 11) is 3.69. The second-order valence-corrected chi connectivity index (χ2v) is 6.33. The van der Waals surface area contributed by atoms with E-state index in [1.807, 2.05) is 14.1 Å². The molecule has 1 fully saturated rings. The highest BCUT2D eigenvalue weighted by Gasteiger charge is 2.25. The quantitative estimate of drug-likeness (QED) is 0.853. The molecule has 0 radical (unpaired) electrons. The molecule has 1 heterocycles. The van der Waals surface area contributed by atoms with Gasteiger partial charge in [0.2, 0.25) is 5.91 Å². The molecule has 0 aliphatic carbocycles. The van der Waals surface area contributed by atoms with E-state index in [-0.39, 0.29) is 11.8 Å². The van der Waals surface area contributed by atoms with E-state index in [0.29, 0.717) is 0 Å². The number of hydrogen-bond donors (Lipinski definition) is 0. The van der Waals surface area contributed by atoms with Crippen molar-refractivity contribution in [1.82, 2.24) is 9.80 Å². The minimum Gasteiger partial charge on any atom is -0.349 e. The third kappa shape index (κ3) is 4.05. The van der Waals surface area contributed by atoms with Crippen LogP contribution in [0.25, 0.3) is 0 Å². The molecule has 0 saturated carbocycles. The molecule has 0 spiro atoms. The molecular formula is C15H21BrN2O. The minimum atomic E-state index is 0.219. The highest BCUT2D eigenvalue weighted by Crippen LogP contribution is 2.21. The number of amides is 1. The van der Waals surface area contributed by atoms with Crippen LogP contribution >= 0.6 is 15.9 Å². The number of rotatable bonds is 3. The molecule has 0 bridgehead atoms. The number of benzene rings is 1. The Kier molecular flexibility index (Phi) is 4.99. The summed E-state index contributed by atoms with van der Waals surface area (Å²) in [5, 5.41) is 0. The van der Waals surface area contributed by atoms with Gasteiger partial charge in [0, 0.05) is 31.0 Å². The maximum Gasteiger partial charge on any atom is 0.225 e. The monoisotopic (exact) mass is 324 g/mol. The van der Waals surface area contributed by atoms with Crippen LogP contribution in [0.15, 0.2) is 28.7 Å². The fraction of sp³-hybridized carbons (Fsp3) is 0.533. The van der Waals surface area contributed by atoms with Crippen LogP contribution in [-0.4, -0.2) is 42.9 Å². The van der Waals surface area contributed by atoms with Crippen LogP contribution in [0.3, 0.4) is 0 Å². The average Bonchev–Trinajstić information content (AvgIpc) is 2.41. The van der Waals surface area contributed by atoms with Crippen LogP contribution in [0, 0.1) is 5.92 Å². The van der Waals surface area contributed by atoms with Gasteiger partial charge in [-0.2, -0.15) is 0 Å². The Hall–Kier alpha value is -0.870. The first kappa shape index (κ1) is 14.5. The standard InChI is InChI=1S/C15H21BrN2O/c1-17(2)15(19)13-7-9-18(10-8-13)11-12-3-5-14(16)6-4-12/h3-6,13H,7-11H2,1-2H3. The zero-order chi connectivity index (χ0) is 13.8. The Balaban J connectivity index is 1.83. The van der Waals surface area contributed by atoms with Crippen molar-refractivity contribution in [2.45, 2.75) is 19.4 Å². The first-order chi connectivity index (χ1) is 9.06. The largest absolute Gasteiger partial charge is 0.349 e. The van der Waals surface area contributed by atoms with E-state index in [4.69, 9.17) is 0 Å². The summed E-state index contributed by atoms with van der Waals surface area (Å²) in [5.41, 5.74) is 1.33. The van der Waals surface area contributed by atoms with Crippen LogP contribution in [-0.2, 0) is 11.3 Å². The molecule has 0 aromatic heterocycles. The van der Waals surface area contributed by atoms with Crippen LogP contribution in [0.2, 0.25) is 0 Å². The summed E-state index contributed by atoms with van der Waals surface area (Å²) < 4.78 is 1.12. The fourth-order valence-corrected chi connectivity index (χ4v) is 2.82. The molecule has 1 aliphatic rings. The summed E-state index contributed by atoms with van der Waals surface area (Å²) in [6, 6.07) is 8.47. The van der Waals surface area contributed by atoms with E-state index < -0.39 is 0 Å². The Bertz CT molecular complexity index is 422. The third-order valence-electron chi connectivity index (χ3n) is 3.70. The molecule has 3 nitrogen and oxygen atoms in total. The van der Waals surface area contributed by atoms with Crippen molar-refractivity contribution >= 4 is 21.8 Å². The van der Waals surface area contributed by atoms with Gasteiger partial charge in [-0.05, 0) is 43.6 Å². The molecule has 0 N–H and O–H groups in total. The second kappa shape index (κ2) is 6.53.